The minimum atomic E-state index is -0.146. The number of carbonyl (C=O) groups excluding carboxylic acids is 1. The van der Waals surface area contributed by atoms with Crippen molar-refractivity contribution < 1.29 is 4.79 Å². The molecule has 0 bridgehead atoms. The Balaban J connectivity index is 2.06. The fourth-order valence-electron chi connectivity index (χ4n) is 2.09. The Bertz CT molecular complexity index is 258. The minimum absolute atomic E-state index is 0.0270. The quantitative estimate of drug-likeness (QED) is 0.610. The largest absolute Gasteiger partial charge is 0.347 e. The highest BCUT2D eigenvalue weighted by Crippen LogP contribution is 2.16. The molecule has 0 spiro atoms. The van der Waals surface area contributed by atoms with Gasteiger partial charge in [-0.25, -0.2) is 5.01 Å². The lowest BCUT2D eigenvalue weighted by atomic mass is 10.1. The number of likely N-dealkylation sites (N-methyl/N-ethyl adjacent to an activating group) is 1. The highest BCUT2D eigenvalue weighted by molar-refractivity contribution is 5.90. The van der Waals surface area contributed by atoms with Crippen LogP contribution in [0.4, 0.5) is 0 Å². The number of hydrogen-bond acceptors (Lipinski definition) is 3. The number of rotatable bonds is 1. The number of piperidine rings is 1. The van der Waals surface area contributed by atoms with Gasteiger partial charge in [-0.3, -0.25) is 15.6 Å². The molecule has 0 radical (unpaired) electrons. The zero-order valence-corrected chi connectivity index (χ0v) is 8.42. The molecule has 2 heterocycles. The van der Waals surface area contributed by atoms with Gasteiger partial charge in [0.05, 0.1) is 5.84 Å². The molecule has 0 aromatic carbocycles. The van der Waals surface area contributed by atoms with E-state index >= 15 is 0 Å². The van der Waals surface area contributed by atoms with E-state index in [0.29, 0.717) is 12.4 Å². The molecule has 1 unspecified atom stereocenters. The van der Waals surface area contributed by atoms with Crippen LogP contribution in [0.3, 0.4) is 0 Å². The topological polar surface area (TPSA) is 59.4 Å². The van der Waals surface area contributed by atoms with Gasteiger partial charge < -0.3 is 4.90 Å². The summed E-state index contributed by atoms with van der Waals surface area (Å²) in [4.78, 5) is 13.5. The molecule has 1 atom stereocenters. The zero-order chi connectivity index (χ0) is 10.1. The first-order chi connectivity index (χ1) is 6.68. The van der Waals surface area contributed by atoms with Crippen molar-refractivity contribution in [1.82, 2.24) is 15.3 Å². The van der Waals surface area contributed by atoms with Crippen LogP contribution in [0.5, 0.6) is 0 Å². The summed E-state index contributed by atoms with van der Waals surface area (Å²) in [5, 5.41) is 9.58. The van der Waals surface area contributed by atoms with E-state index in [1.807, 2.05) is 11.9 Å². The van der Waals surface area contributed by atoms with Crippen LogP contribution in [0.15, 0.2) is 0 Å². The molecule has 2 N–H and O–H groups in total. The van der Waals surface area contributed by atoms with Crippen LogP contribution < -0.4 is 5.43 Å². The highest BCUT2D eigenvalue weighted by Gasteiger charge is 2.35. The number of hydrogen-bond donors (Lipinski definition) is 2. The van der Waals surface area contributed by atoms with Crippen LogP contribution in [0.1, 0.15) is 19.3 Å². The number of nitrogens with zero attached hydrogens (tertiary/aromatic N) is 2. The average molecular weight is 196 g/mol. The Morgan fingerprint density at radius 1 is 1.50 bits per heavy atom. The molecule has 5 nitrogen and oxygen atoms in total. The van der Waals surface area contributed by atoms with E-state index < -0.39 is 0 Å². The minimum Gasteiger partial charge on any atom is -0.347 e. The lowest BCUT2D eigenvalue weighted by Crippen LogP contribution is -2.47. The van der Waals surface area contributed by atoms with Crippen LogP contribution in [-0.4, -0.2) is 47.8 Å². The summed E-state index contributed by atoms with van der Waals surface area (Å²) in [6, 6.07) is -0.146. The molecule has 2 fully saturated rings. The molecule has 1 amide bonds. The van der Waals surface area contributed by atoms with Crippen LogP contribution in [0, 0.1) is 5.41 Å². The second-order valence-corrected chi connectivity index (χ2v) is 3.97. The zero-order valence-electron chi connectivity index (χ0n) is 8.42. The molecular formula is C9H16N4O. The summed E-state index contributed by atoms with van der Waals surface area (Å²) in [6.45, 7) is 1.53. The van der Waals surface area contributed by atoms with Gasteiger partial charge in [-0.1, -0.05) is 0 Å². The number of carbonyl (C=O) groups is 1. The van der Waals surface area contributed by atoms with E-state index in [-0.39, 0.29) is 11.9 Å². The summed E-state index contributed by atoms with van der Waals surface area (Å²) in [6.07, 6.45) is 2.99. The van der Waals surface area contributed by atoms with E-state index in [1.165, 1.54) is 0 Å². The smallest absolute Gasteiger partial charge is 0.258 e. The van der Waals surface area contributed by atoms with Crippen LogP contribution in [0.2, 0.25) is 0 Å². The van der Waals surface area contributed by atoms with Gasteiger partial charge >= 0.3 is 0 Å². The second kappa shape index (κ2) is 3.57. The van der Waals surface area contributed by atoms with Gasteiger partial charge in [0.25, 0.3) is 5.91 Å². The van der Waals surface area contributed by atoms with Gasteiger partial charge in [0.2, 0.25) is 0 Å². The van der Waals surface area contributed by atoms with E-state index in [9.17, 15) is 4.79 Å². The van der Waals surface area contributed by atoms with Crippen molar-refractivity contribution >= 4 is 11.7 Å². The molecule has 0 saturated carbocycles. The van der Waals surface area contributed by atoms with Crippen molar-refractivity contribution in [1.29, 1.82) is 5.41 Å². The summed E-state index contributed by atoms with van der Waals surface area (Å²) in [5.41, 5.74) is 2.74. The van der Waals surface area contributed by atoms with Crippen LogP contribution >= 0.6 is 0 Å². The first kappa shape index (κ1) is 9.45. The number of hydrazine groups is 1. The van der Waals surface area contributed by atoms with Gasteiger partial charge in [-0.15, -0.1) is 0 Å². The maximum atomic E-state index is 11.5. The third-order valence-corrected chi connectivity index (χ3v) is 2.84. The van der Waals surface area contributed by atoms with Crippen molar-refractivity contribution in [3.05, 3.63) is 0 Å². The van der Waals surface area contributed by atoms with Crippen molar-refractivity contribution in [3.63, 3.8) is 0 Å². The van der Waals surface area contributed by atoms with Gasteiger partial charge in [0, 0.05) is 26.6 Å². The molecule has 5 heteroatoms. The molecule has 78 valence electrons. The maximum absolute atomic E-state index is 11.5. The standard InChI is InChI=1S/C9H16N4O/c1-12-6-7(9(14)11-12)13-5-3-2-4-8(13)10/h7,10H,2-6H2,1H3,(H,11,14). The van der Waals surface area contributed by atoms with Crippen molar-refractivity contribution in [2.24, 2.45) is 0 Å². The first-order valence-electron chi connectivity index (χ1n) is 5.04. The predicted molar refractivity (Wildman–Crippen MR) is 52.8 cm³/mol. The number of nitrogens with one attached hydrogen (secondary N) is 2. The molecule has 2 saturated heterocycles. The molecule has 14 heavy (non-hydrogen) atoms. The van der Waals surface area contributed by atoms with E-state index in [4.69, 9.17) is 5.41 Å². The molecule has 0 aromatic rings. The molecule has 0 aromatic heterocycles. The Morgan fingerprint density at radius 3 is 2.86 bits per heavy atom. The fraction of sp³-hybridized carbons (Fsp3) is 0.778. The molecule has 2 aliphatic heterocycles. The van der Waals surface area contributed by atoms with E-state index in [1.54, 1.807) is 5.01 Å². The normalized spacial score (nSPS) is 29.5. The highest BCUT2D eigenvalue weighted by atomic mass is 16.2. The molecular weight excluding hydrogens is 180 g/mol. The number of amides is 1. The number of likely N-dealkylation sites (tertiary alicyclic amines) is 1. The van der Waals surface area contributed by atoms with Gasteiger partial charge in [-0.2, -0.15) is 0 Å². The summed E-state index contributed by atoms with van der Waals surface area (Å²) in [7, 11) is 1.85. The van der Waals surface area contributed by atoms with Crippen LogP contribution in [0.25, 0.3) is 0 Å². The van der Waals surface area contributed by atoms with E-state index in [0.717, 1.165) is 25.8 Å². The fourth-order valence-corrected chi connectivity index (χ4v) is 2.09. The Kier molecular flexibility index (Phi) is 2.41. The summed E-state index contributed by atoms with van der Waals surface area (Å²) in [5.74, 6) is 0.644. The number of amidine groups is 1. The molecule has 0 aliphatic carbocycles. The molecule has 2 aliphatic rings. The Labute approximate surface area is 83.5 Å². The lowest BCUT2D eigenvalue weighted by Gasteiger charge is -2.32. The summed E-state index contributed by atoms with van der Waals surface area (Å²) >= 11 is 0. The first-order valence-corrected chi connectivity index (χ1v) is 5.04. The predicted octanol–water partition coefficient (Wildman–Crippen LogP) is -0.205. The monoisotopic (exact) mass is 196 g/mol. The lowest BCUT2D eigenvalue weighted by molar-refractivity contribution is -0.123. The SMILES string of the molecule is CN1CC(N2CCCCC2=N)C(=O)N1. The van der Waals surface area contributed by atoms with Gasteiger partial charge in [0.1, 0.15) is 6.04 Å². The van der Waals surface area contributed by atoms with Gasteiger partial charge in [0.15, 0.2) is 0 Å². The maximum Gasteiger partial charge on any atom is 0.258 e. The third kappa shape index (κ3) is 1.59. The van der Waals surface area contributed by atoms with Crippen molar-refractivity contribution in [3.8, 4) is 0 Å². The van der Waals surface area contributed by atoms with E-state index in [2.05, 4.69) is 5.43 Å². The Hall–Kier alpha value is -1.10. The molecule has 2 rings (SSSR count). The second-order valence-electron chi connectivity index (χ2n) is 3.97. The third-order valence-electron chi connectivity index (χ3n) is 2.84. The van der Waals surface area contributed by atoms with Crippen molar-refractivity contribution in [2.45, 2.75) is 25.3 Å². The average Bonchev–Trinajstić information content (AvgIpc) is 2.46. The Morgan fingerprint density at radius 2 is 2.29 bits per heavy atom. The van der Waals surface area contributed by atoms with Crippen LogP contribution in [-0.2, 0) is 4.79 Å². The van der Waals surface area contributed by atoms with Gasteiger partial charge in [-0.05, 0) is 12.8 Å². The summed E-state index contributed by atoms with van der Waals surface area (Å²) < 4.78 is 0. The van der Waals surface area contributed by atoms with Crippen molar-refractivity contribution in [2.75, 3.05) is 20.1 Å².